The molecular weight excluding hydrogens is 198 g/mol. The highest BCUT2D eigenvalue weighted by molar-refractivity contribution is 4.96. The summed E-state index contributed by atoms with van der Waals surface area (Å²) in [5, 5.41) is 6.64. The minimum atomic E-state index is 1.00. The van der Waals surface area contributed by atoms with Gasteiger partial charge in [0.15, 0.2) is 0 Å². The number of unbranched alkanes of at least 4 members (excludes halogenated alkanes) is 1. The Kier molecular flexibility index (Phi) is 10.7. The van der Waals surface area contributed by atoms with Gasteiger partial charge in [-0.2, -0.15) is 5.10 Å². The number of hydrogen-bond donors (Lipinski definition) is 1. The maximum Gasteiger partial charge on any atom is 0.0487 e. The first kappa shape index (κ1) is 14.6. The van der Waals surface area contributed by atoms with Crippen LogP contribution in [0, 0.1) is 0 Å². The predicted octanol–water partition coefficient (Wildman–Crippen LogP) is 3.69. The van der Waals surface area contributed by atoms with Crippen molar-refractivity contribution in [1.82, 2.24) is 15.2 Å². The van der Waals surface area contributed by atoms with Crippen molar-refractivity contribution in [2.24, 2.45) is 0 Å². The van der Waals surface area contributed by atoms with E-state index in [4.69, 9.17) is 0 Å². The first-order chi connectivity index (χ1) is 7.85. The summed E-state index contributed by atoms with van der Waals surface area (Å²) >= 11 is 0. The second-order valence-corrected chi connectivity index (χ2v) is 3.45. The Morgan fingerprint density at radius 3 is 2.44 bits per heavy atom. The molecule has 0 bridgehead atoms. The molecule has 0 saturated heterocycles. The van der Waals surface area contributed by atoms with Crippen molar-refractivity contribution in [3.8, 4) is 0 Å². The normalized spacial score (nSPS) is 8.69. The maximum absolute atomic E-state index is 4.25. The molecule has 1 aromatic rings. The fourth-order valence-electron chi connectivity index (χ4n) is 0.887. The van der Waals surface area contributed by atoms with Crippen LogP contribution < -0.4 is 0 Å². The second-order valence-electron chi connectivity index (χ2n) is 3.45. The lowest BCUT2D eigenvalue weighted by Gasteiger charge is -1.89. The first-order valence-electron chi connectivity index (χ1n) is 6.02. The lowest BCUT2D eigenvalue weighted by atomic mass is 10.2. The Morgan fingerprint density at radius 2 is 1.81 bits per heavy atom. The molecule has 1 rings (SSSR count). The second kappa shape index (κ2) is 11.7. The van der Waals surface area contributed by atoms with Crippen molar-refractivity contribution in [1.29, 1.82) is 0 Å². The van der Waals surface area contributed by atoms with Crippen molar-refractivity contribution in [3.63, 3.8) is 0 Å². The van der Waals surface area contributed by atoms with Gasteiger partial charge in [0.1, 0.15) is 0 Å². The molecule has 1 N–H and O–H groups in total. The zero-order valence-electron chi connectivity index (χ0n) is 10.6. The molecule has 0 spiro atoms. The minimum Gasteiger partial charge on any atom is -0.286 e. The number of H-pyrrole nitrogens is 1. The van der Waals surface area contributed by atoms with Crippen LogP contribution in [0.5, 0.6) is 0 Å². The van der Waals surface area contributed by atoms with Gasteiger partial charge < -0.3 is 0 Å². The highest BCUT2D eigenvalue weighted by atomic mass is 15.1. The van der Waals surface area contributed by atoms with Gasteiger partial charge in [0.2, 0.25) is 0 Å². The average Bonchev–Trinajstić information content (AvgIpc) is 2.44. The Labute approximate surface area is 98.7 Å². The Balaban J connectivity index is 0.000000487. The standard InChI is InChI=1S/C9H13N3.C4H10/c1-2-4-9-5-8-12-11-7-3-6-10-9;1-3-4-2/h3,5-8,12H,2,4H2,1H3;3-4H2,1-2H3. The molecule has 3 heteroatoms. The number of nitrogens with zero attached hydrogens (tertiary/aromatic N) is 2. The van der Waals surface area contributed by atoms with Crippen molar-refractivity contribution < 1.29 is 0 Å². The molecule has 16 heavy (non-hydrogen) atoms. The highest BCUT2D eigenvalue weighted by Gasteiger charge is 1.85. The van der Waals surface area contributed by atoms with Gasteiger partial charge >= 0.3 is 0 Å². The van der Waals surface area contributed by atoms with Crippen molar-refractivity contribution in [3.05, 3.63) is 36.4 Å². The zero-order chi connectivity index (χ0) is 12.1. The van der Waals surface area contributed by atoms with Gasteiger partial charge in [0, 0.05) is 24.3 Å². The summed E-state index contributed by atoms with van der Waals surface area (Å²) in [6.45, 7) is 6.50. The molecular formula is C13H23N3. The van der Waals surface area contributed by atoms with Crippen LogP contribution in [0.2, 0.25) is 0 Å². The highest BCUT2D eigenvalue weighted by Crippen LogP contribution is 1.93. The molecule has 0 atom stereocenters. The van der Waals surface area contributed by atoms with E-state index in [1.54, 1.807) is 24.7 Å². The van der Waals surface area contributed by atoms with Gasteiger partial charge in [0.05, 0.1) is 0 Å². The van der Waals surface area contributed by atoms with E-state index in [9.17, 15) is 0 Å². The molecule has 0 aliphatic rings. The van der Waals surface area contributed by atoms with Crippen molar-refractivity contribution in [2.75, 3.05) is 0 Å². The van der Waals surface area contributed by atoms with Crippen molar-refractivity contribution >= 4 is 0 Å². The van der Waals surface area contributed by atoms with E-state index in [0.717, 1.165) is 18.5 Å². The first-order valence-corrected chi connectivity index (χ1v) is 6.02. The van der Waals surface area contributed by atoms with Gasteiger partial charge in [-0.15, -0.1) is 0 Å². The smallest absolute Gasteiger partial charge is 0.0487 e. The summed E-state index contributed by atoms with van der Waals surface area (Å²) in [4.78, 5) is 4.25. The fourth-order valence-corrected chi connectivity index (χ4v) is 0.887. The van der Waals surface area contributed by atoms with Crippen LogP contribution in [0.25, 0.3) is 0 Å². The largest absolute Gasteiger partial charge is 0.286 e. The SMILES string of the molecule is CCCC.CCCc1cc[nH]ncccn1. The molecule has 90 valence electrons. The number of aromatic nitrogens is 3. The summed E-state index contributed by atoms with van der Waals surface area (Å²) in [6, 6.07) is 3.74. The molecule has 0 fully saturated rings. The van der Waals surface area contributed by atoms with Crippen LogP contribution in [0.1, 0.15) is 45.7 Å². The molecule has 0 aliphatic heterocycles. The van der Waals surface area contributed by atoms with E-state index >= 15 is 0 Å². The summed E-state index contributed by atoms with van der Waals surface area (Å²) in [5.74, 6) is 0. The topological polar surface area (TPSA) is 41.6 Å². The molecule has 3 nitrogen and oxygen atoms in total. The van der Waals surface area contributed by atoms with Crippen molar-refractivity contribution in [2.45, 2.75) is 46.5 Å². The van der Waals surface area contributed by atoms with E-state index < -0.39 is 0 Å². The van der Waals surface area contributed by atoms with Gasteiger partial charge in [-0.05, 0) is 18.6 Å². The molecule has 0 amide bonds. The quantitative estimate of drug-likeness (QED) is 0.845. The summed E-state index contributed by atoms with van der Waals surface area (Å²) in [6.07, 6.45) is 9.97. The molecule has 0 radical (unpaired) electrons. The Hall–Kier alpha value is -1.38. The van der Waals surface area contributed by atoms with Crippen LogP contribution in [-0.4, -0.2) is 15.2 Å². The summed E-state index contributed by atoms with van der Waals surface area (Å²) < 4.78 is 0. The molecule has 1 aromatic heterocycles. The van der Waals surface area contributed by atoms with Gasteiger partial charge in [-0.1, -0.05) is 40.0 Å². The van der Waals surface area contributed by atoms with E-state index in [2.05, 4.69) is 36.0 Å². The lowest BCUT2D eigenvalue weighted by molar-refractivity contribution is 0.884. The monoisotopic (exact) mass is 221 g/mol. The predicted molar refractivity (Wildman–Crippen MR) is 68.6 cm³/mol. The van der Waals surface area contributed by atoms with Crippen LogP contribution in [0.15, 0.2) is 30.7 Å². The summed E-state index contributed by atoms with van der Waals surface area (Å²) in [7, 11) is 0. The molecule has 0 unspecified atom stereocenters. The molecule has 0 saturated carbocycles. The third-order valence-corrected chi connectivity index (χ3v) is 1.92. The average molecular weight is 221 g/mol. The summed E-state index contributed by atoms with van der Waals surface area (Å²) in [5.41, 5.74) is 1.08. The maximum atomic E-state index is 4.25. The zero-order valence-corrected chi connectivity index (χ0v) is 10.6. The Morgan fingerprint density at radius 1 is 1.06 bits per heavy atom. The van der Waals surface area contributed by atoms with E-state index in [1.807, 2.05) is 6.07 Å². The van der Waals surface area contributed by atoms with E-state index in [0.29, 0.717) is 0 Å². The number of nitrogens with one attached hydrogen (secondary N) is 1. The molecule has 0 aliphatic carbocycles. The van der Waals surface area contributed by atoms with Crippen LogP contribution in [0.3, 0.4) is 0 Å². The van der Waals surface area contributed by atoms with E-state index in [-0.39, 0.29) is 0 Å². The van der Waals surface area contributed by atoms with Crippen LogP contribution in [0.4, 0.5) is 0 Å². The Bertz CT molecular complexity index is 267. The lowest BCUT2D eigenvalue weighted by Crippen LogP contribution is -1.83. The third-order valence-electron chi connectivity index (χ3n) is 1.92. The van der Waals surface area contributed by atoms with Gasteiger partial charge in [-0.25, -0.2) is 0 Å². The van der Waals surface area contributed by atoms with Crippen LogP contribution in [-0.2, 0) is 6.42 Å². The van der Waals surface area contributed by atoms with Gasteiger partial charge in [-0.3, -0.25) is 10.1 Å². The van der Waals surface area contributed by atoms with Crippen LogP contribution >= 0.6 is 0 Å². The molecule has 0 aromatic carbocycles. The molecule has 1 heterocycles. The minimum absolute atomic E-state index is 1.00. The number of aromatic amines is 1. The van der Waals surface area contributed by atoms with Gasteiger partial charge in [0.25, 0.3) is 0 Å². The number of hydrogen-bond acceptors (Lipinski definition) is 2. The number of rotatable bonds is 3. The fraction of sp³-hybridized carbons (Fsp3) is 0.538. The van der Waals surface area contributed by atoms with E-state index in [1.165, 1.54) is 12.8 Å². The third kappa shape index (κ3) is 9.19. The number of aryl methyl sites for hydroxylation is 1.